The maximum atomic E-state index is 11.8. The first-order chi connectivity index (χ1) is 12.5. The van der Waals surface area contributed by atoms with Crippen LogP contribution in [0.25, 0.3) is 0 Å². The van der Waals surface area contributed by atoms with E-state index in [0.717, 1.165) is 17.2 Å². The highest BCUT2D eigenvalue weighted by molar-refractivity contribution is 14.0. The molecular formula is C18H28IN5O3. The fourth-order valence-corrected chi connectivity index (χ4v) is 2.79. The normalized spacial score (nSPS) is 14.3. The Morgan fingerprint density at radius 1 is 1.19 bits per heavy atom. The minimum Gasteiger partial charge on any atom is -0.450 e. The second-order valence-corrected chi connectivity index (χ2v) is 5.96. The molecule has 1 aliphatic rings. The Balaban J connectivity index is 0.00000364. The summed E-state index contributed by atoms with van der Waals surface area (Å²) in [6.45, 7) is 6.89. The number of guanidine groups is 1. The van der Waals surface area contributed by atoms with Gasteiger partial charge in [0.25, 0.3) is 0 Å². The summed E-state index contributed by atoms with van der Waals surface area (Å²) in [5.74, 6) is 0.698. The number of amides is 2. The van der Waals surface area contributed by atoms with Crippen LogP contribution < -0.4 is 10.6 Å². The molecular weight excluding hydrogens is 461 g/mol. The highest BCUT2D eigenvalue weighted by Gasteiger charge is 2.23. The highest BCUT2D eigenvalue weighted by atomic mass is 127. The molecule has 0 aromatic heterocycles. The summed E-state index contributed by atoms with van der Waals surface area (Å²) in [6.07, 6.45) is -0.259. The number of hydrogen-bond donors (Lipinski definition) is 2. The Bertz CT molecular complexity index is 660. The van der Waals surface area contributed by atoms with Crippen molar-refractivity contribution in [2.75, 3.05) is 45.2 Å². The standard InChI is InChI=1S/C18H27N5O3.HI/c1-4-26-18(25)23-10-8-22(9-11-23)17(19-3)20-13-15-6-5-7-16(12-15)21-14(2)24;/h5-7,12H,4,8-11,13H2,1-3H3,(H,19,20)(H,21,24);1H. The Morgan fingerprint density at radius 2 is 1.85 bits per heavy atom. The smallest absolute Gasteiger partial charge is 0.409 e. The van der Waals surface area contributed by atoms with Crippen molar-refractivity contribution < 1.29 is 14.3 Å². The van der Waals surface area contributed by atoms with Gasteiger partial charge in [0.05, 0.1) is 6.61 Å². The summed E-state index contributed by atoms with van der Waals surface area (Å²) in [5.41, 5.74) is 1.82. The van der Waals surface area contributed by atoms with Gasteiger partial charge < -0.3 is 25.2 Å². The van der Waals surface area contributed by atoms with E-state index in [9.17, 15) is 9.59 Å². The molecule has 2 N–H and O–H groups in total. The lowest BCUT2D eigenvalue weighted by Crippen LogP contribution is -2.53. The molecule has 1 fully saturated rings. The number of benzene rings is 1. The predicted molar refractivity (Wildman–Crippen MR) is 117 cm³/mol. The van der Waals surface area contributed by atoms with Crippen LogP contribution in [0.3, 0.4) is 0 Å². The highest BCUT2D eigenvalue weighted by Crippen LogP contribution is 2.11. The van der Waals surface area contributed by atoms with Gasteiger partial charge in [0.1, 0.15) is 0 Å². The molecule has 1 aliphatic heterocycles. The number of anilines is 1. The molecule has 0 spiro atoms. The lowest BCUT2D eigenvalue weighted by atomic mass is 10.2. The van der Waals surface area contributed by atoms with Crippen LogP contribution in [-0.4, -0.2) is 67.6 Å². The van der Waals surface area contributed by atoms with E-state index in [1.165, 1.54) is 6.92 Å². The first-order valence-corrected chi connectivity index (χ1v) is 8.77. The second kappa shape index (κ2) is 11.6. The number of carbonyl (C=O) groups is 2. The molecule has 9 heteroatoms. The van der Waals surface area contributed by atoms with E-state index >= 15 is 0 Å². The molecule has 0 bridgehead atoms. The number of nitrogens with zero attached hydrogens (tertiary/aromatic N) is 3. The van der Waals surface area contributed by atoms with Gasteiger partial charge in [-0.05, 0) is 24.6 Å². The van der Waals surface area contributed by atoms with Gasteiger partial charge in [0.2, 0.25) is 5.91 Å². The third-order valence-corrected chi connectivity index (χ3v) is 4.01. The van der Waals surface area contributed by atoms with E-state index in [4.69, 9.17) is 4.74 Å². The SMILES string of the molecule is CCOC(=O)N1CCN(C(=NC)NCc2cccc(NC(C)=O)c2)CC1.I. The van der Waals surface area contributed by atoms with Gasteiger partial charge in [-0.25, -0.2) is 4.79 Å². The minimum atomic E-state index is -0.259. The zero-order valence-corrected chi connectivity index (χ0v) is 18.4. The third-order valence-electron chi connectivity index (χ3n) is 4.01. The van der Waals surface area contributed by atoms with Crippen molar-refractivity contribution >= 4 is 47.6 Å². The molecule has 1 saturated heterocycles. The molecule has 2 rings (SSSR count). The topological polar surface area (TPSA) is 86.3 Å². The number of hydrogen-bond acceptors (Lipinski definition) is 4. The Labute approximate surface area is 177 Å². The van der Waals surface area contributed by atoms with Crippen molar-refractivity contribution in [3.05, 3.63) is 29.8 Å². The zero-order valence-electron chi connectivity index (χ0n) is 16.0. The first-order valence-electron chi connectivity index (χ1n) is 8.77. The second-order valence-electron chi connectivity index (χ2n) is 5.96. The zero-order chi connectivity index (χ0) is 18.9. The summed E-state index contributed by atoms with van der Waals surface area (Å²) in [4.78, 5) is 31.1. The van der Waals surface area contributed by atoms with Gasteiger partial charge in [-0.1, -0.05) is 12.1 Å². The van der Waals surface area contributed by atoms with Crippen LogP contribution >= 0.6 is 24.0 Å². The molecule has 27 heavy (non-hydrogen) atoms. The van der Waals surface area contributed by atoms with E-state index in [0.29, 0.717) is 39.3 Å². The van der Waals surface area contributed by atoms with Gasteiger partial charge in [-0.2, -0.15) is 0 Å². The molecule has 150 valence electrons. The summed E-state index contributed by atoms with van der Waals surface area (Å²) in [7, 11) is 1.74. The quantitative estimate of drug-likeness (QED) is 0.385. The van der Waals surface area contributed by atoms with Gasteiger partial charge >= 0.3 is 6.09 Å². The average Bonchev–Trinajstić information content (AvgIpc) is 2.63. The maximum Gasteiger partial charge on any atom is 0.409 e. The van der Waals surface area contributed by atoms with E-state index in [1.807, 2.05) is 24.3 Å². The molecule has 1 heterocycles. The van der Waals surface area contributed by atoms with Crippen molar-refractivity contribution in [1.82, 2.24) is 15.1 Å². The molecule has 8 nitrogen and oxygen atoms in total. The van der Waals surface area contributed by atoms with Crippen LogP contribution in [0.4, 0.5) is 10.5 Å². The van der Waals surface area contributed by atoms with Gasteiger partial charge in [-0.3, -0.25) is 9.79 Å². The number of carbonyl (C=O) groups excluding carboxylic acids is 2. The lowest BCUT2D eigenvalue weighted by molar-refractivity contribution is -0.114. The van der Waals surface area contributed by atoms with Crippen LogP contribution in [0.2, 0.25) is 0 Å². The van der Waals surface area contributed by atoms with Crippen molar-refractivity contribution in [1.29, 1.82) is 0 Å². The van der Waals surface area contributed by atoms with Crippen LogP contribution in [0.15, 0.2) is 29.3 Å². The van der Waals surface area contributed by atoms with E-state index in [-0.39, 0.29) is 36.0 Å². The molecule has 1 aromatic rings. The van der Waals surface area contributed by atoms with E-state index in [2.05, 4.69) is 20.5 Å². The fourth-order valence-electron chi connectivity index (χ4n) is 2.79. The van der Waals surface area contributed by atoms with Crippen LogP contribution in [0, 0.1) is 0 Å². The monoisotopic (exact) mass is 489 g/mol. The van der Waals surface area contributed by atoms with Crippen molar-refractivity contribution in [3.8, 4) is 0 Å². The minimum absolute atomic E-state index is 0. The van der Waals surface area contributed by atoms with E-state index < -0.39 is 0 Å². The Morgan fingerprint density at radius 3 is 2.44 bits per heavy atom. The lowest BCUT2D eigenvalue weighted by Gasteiger charge is -2.35. The molecule has 2 amide bonds. The summed E-state index contributed by atoms with van der Waals surface area (Å²) < 4.78 is 5.04. The number of rotatable bonds is 4. The predicted octanol–water partition coefficient (Wildman–Crippen LogP) is 2.11. The molecule has 0 aliphatic carbocycles. The molecule has 0 radical (unpaired) electrons. The Hall–Kier alpha value is -2.04. The summed E-state index contributed by atoms with van der Waals surface area (Å²) in [6, 6.07) is 7.68. The average molecular weight is 489 g/mol. The molecule has 1 aromatic carbocycles. The van der Waals surface area contributed by atoms with Gasteiger partial charge in [-0.15, -0.1) is 24.0 Å². The Kier molecular flexibility index (Phi) is 9.90. The van der Waals surface area contributed by atoms with Crippen LogP contribution in [0.1, 0.15) is 19.4 Å². The summed E-state index contributed by atoms with van der Waals surface area (Å²) >= 11 is 0. The first kappa shape index (κ1) is 23.0. The molecule has 0 saturated carbocycles. The van der Waals surface area contributed by atoms with Crippen LogP contribution in [0.5, 0.6) is 0 Å². The largest absolute Gasteiger partial charge is 0.450 e. The number of ether oxygens (including phenoxy) is 1. The molecule has 0 unspecified atom stereocenters. The maximum absolute atomic E-state index is 11.8. The number of aliphatic imine (C=N–C) groups is 1. The number of halogens is 1. The van der Waals surface area contributed by atoms with Crippen molar-refractivity contribution in [3.63, 3.8) is 0 Å². The number of nitrogens with one attached hydrogen (secondary N) is 2. The number of piperazine rings is 1. The summed E-state index contributed by atoms with van der Waals surface area (Å²) in [5, 5.41) is 6.11. The third kappa shape index (κ3) is 7.24. The van der Waals surface area contributed by atoms with Crippen molar-refractivity contribution in [2.45, 2.75) is 20.4 Å². The van der Waals surface area contributed by atoms with Gasteiger partial charge in [0, 0.05) is 52.4 Å². The fraction of sp³-hybridized carbons (Fsp3) is 0.500. The van der Waals surface area contributed by atoms with Gasteiger partial charge in [0.15, 0.2) is 5.96 Å². The van der Waals surface area contributed by atoms with Crippen molar-refractivity contribution in [2.24, 2.45) is 4.99 Å². The van der Waals surface area contributed by atoms with E-state index in [1.54, 1.807) is 18.9 Å². The van der Waals surface area contributed by atoms with Crippen LogP contribution in [-0.2, 0) is 16.1 Å². The molecule has 0 atom stereocenters.